The van der Waals surface area contributed by atoms with E-state index in [9.17, 15) is 0 Å². The van der Waals surface area contributed by atoms with Gasteiger partial charge in [0, 0.05) is 12.1 Å². The summed E-state index contributed by atoms with van der Waals surface area (Å²) in [5, 5.41) is 3.89. The molecule has 0 unspecified atom stereocenters. The zero-order valence-corrected chi connectivity index (χ0v) is 9.92. The van der Waals surface area contributed by atoms with E-state index in [1.165, 1.54) is 32.1 Å². The van der Waals surface area contributed by atoms with Gasteiger partial charge in [-0.05, 0) is 37.0 Å². The first-order valence-electron chi connectivity index (χ1n) is 6.44. The summed E-state index contributed by atoms with van der Waals surface area (Å²) in [5.74, 6) is 2.77. The van der Waals surface area contributed by atoms with Crippen LogP contribution in [0, 0.1) is 17.8 Å². The van der Waals surface area contributed by atoms with Crippen LogP contribution in [0.1, 0.15) is 52.9 Å². The normalized spacial score (nSPS) is 43.7. The van der Waals surface area contributed by atoms with Gasteiger partial charge in [-0.25, -0.2) is 0 Å². The molecule has 4 atom stereocenters. The first kappa shape index (κ1) is 10.5. The number of fused-ring (bicyclic) bond motifs is 1. The lowest BCUT2D eigenvalue weighted by atomic mass is 9.71. The van der Waals surface area contributed by atoms with Crippen molar-refractivity contribution in [2.75, 3.05) is 0 Å². The molecule has 0 aromatic carbocycles. The van der Waals surface area contributed by atoms with Gasteiger partial charge < -0.3 is 5.32 Å². The van der Waals surface area contributed by atoms with Crippen molar-refractivity contribution in [2.24, 2.45) is 17.8 Å². The van der Waals surface area contributed by atoms with E-state index in [1.807, 2.05) is 0 Å². The number of piperidine rings is 1. The van der Waals surface area contributed by atoms with Gasteiger partial charge in [-0.3, -0.25) is 0 Å². The molecule has 1 saturated carbocycles. The number of rotatable bonds is 1. The summed E-state index contributed by atoms with van der Waals surface area (Å²) in [6, 6.07) is 1.64. The summed E-state index contributed by atoms with van der Waals surface area (Å²) in [4.78, 5) is 0. The van der Waals surface area contributed by atoms with Crippen LogP contribution in [-0.4, -0.2) is 12.1 Å². The van der Waals surface area contributed by atoms with Gasteiger partial charge in [0.05, 0.1) is 0 Å². The lowest BCUT2D eigenvalue weighted by Gasteiger charge is -2.45. The molecule has 1 N–H and O–H groups in total. The molecular weight excluding hydrogens is 170 g/mol. The maximum absolute atomic E-state index is 3.89. The molecule has 1 aliphatic heterocycles. The molecule has 0 radical (unpaired) electrons. The van der Waals surface area contributed by atoms with E-state index in [-0.39, 0.29) is 0 Å². The van der Waals surface area contributed by atoms with Crippen LogP contribution in [-0.2, 0) is 0 Å². The number of hydrogen-bond acceptors (Lipinski definition) is 1. The zero-order valence-electron chi connectivity index (χ0n) is 9.92. The molecule has 2 aliphatic rings. The largest absolute Gasteiger partial charge is 0.311 e. The molecule has 0 aromatic rings. The Labute approximate surface area is 88.7 Å². The molecule has 1 saturated heterocycles. The lowest BCUT2D eigenvalue weighted by Crippen LogP contribution is -2.52. The highest BCUT2D eigenvalue weighted by Crippen LogP contribution is 2.37. The van der Waals surface area contributed by atoms with Crippen LogP contribution in [0.3, 0.4) is 0 Å². The van der Waals surface area contributed by atoms with Crippen LogP contribution in [0.2, 0.25) is 0 Å². The van der Waals surface area contributed by atoms with Crippen LogP contribution in [0.4, 0.5) is 0 Å². The third kappa shape index (κ3) is 1.98. The van der Waals surface area contributed by atoms with E-state index in [2.05, 4.69) is 26.1 Å². The van der Waals surface area contributed by atoms with Crippen molar-refractivity contribution < 1.29 is 0 Å². The summed E-state index contributed by atoms with van der Waals surface area (Å²) in [5.41, 5.74) is 0. The predicted octanol–water partition coefficient (Wildman–Crippen LogP) is 3.20. The fourth-order valence-electron chi connectivity index (χ4n) is 3.43. The Morgan fingerprint density at radius 1 is 1.07 bits per heavy atom. The highest BCUT2D eigenvalue weighted by atomic mass is 15.0. The molecular formula is C13H25N. The van der Waals surface area contributed by atoms with Gasteiger partial charge in [0.1, 0.15) is 0 Å². The Hall–Kier alpha value is -0.0400. The molecule has 1 nitrogen and oxygen atoms in total. The minimum absolute atomic E-state index is 0.793. The molecule has 0 aromatic heterocycles. The summed E-state index contributed by atoms with van der Waals surface area (Å²) < 4.78 is 0. The standard InChI is InChI=1S/C13H25N/c1-9(2)12-8-7-11-10(3)5-4-6-13(11)14-12/h9-14H,4-8H2,1-3H3/t10-,11+,12-,13-/m1/s1. The van der Waals surface area contributed by atoms with E-state index >= 15 is 0 Å². The maximum atomic E-state index is 3.89. The summed E-state index contributed by atoms with van der Waals surface area (Å²) in [6.07, 6.45) is 7.22. The van der Waals surface area contributed by atoms with Crippen LogP contribution in [0.25, 0.3) is 0 Å². The average Bonchev–Trinajstić information content (AvgIpc) is 2.17. The molecule has 0 spiro atoms. The van der Waals surface area contributed by atoms with Crippen LogP contribution in [0.5, 0.6) is 0 Å². The van der Waals surface area contributed by atoms with Gasteiger partial charge in [0.2, 0.25) is 0 Å². The number of nitrogens with one attached hydrogen (secondary N) is 1. The second kappa shape index (κ2) is 4.22. The van der Waals surface area contributed by atoms with Crippen molar-refractivity contribution >= 4 is 0 Å². The second-order valence-corrected chi connectivity index (χ2v) is 5.77. The lowest BCUT2D eigenvalue weighted by molar-refractivity contribution is 0.111. The van der Waals surface area contributed by atoms with Gasteiger partial charge in [-0.1, -0.05) is 33.6 Å². The quantitative estimate of drug-likeness (QED) is 0.677. The van der Waals surface area contributed by atoms with Crippen molar-refractivity contribution in [3.05, 3.63) is 0 Å². The van der Waals surface area contributed by atoms with Crippen molar-refractivity contribution in [2.45, 2.75) is 65.0 Å². The SMILES string of the molecule is CC(C)[C@H]1CC[C@H]2[C@H](C)CCC[C@H]2N1. The molecule has 82 valence electrons. The Morgan fingerprint density at radius 3 is 2.57 bits per heavy atom. The van der Waals surface area contributed by atoms with Gasteiger partial charge in [0.15, 0.2) is 0 Å². The summed E-state index contributed by atoms with van der Waals surface area (Å²) >= 11 is 0. The van der Waals surface area contributed by atoms with Crippen molar-refractivity contribution in [1.82, 2.24) is 5.32 Å². The van der Waals surface area contributed by atoms with Gasteiger partial charge in [0.25, 0.3) is 0 Å². The van der Waals surface area contributed by atoms with Gasteiger partial charge in [-0.15, -0.1) is 0 Å². The fraction of sp³-hybridized carbons (Fsp3) is 1.00. The third-order valence-electron chi connectivity index (χ3n) is 4.47. The van der Waals surface area contributed by atoms with E-state index < -0.39 is 0 Å². The maximum Gasteiger partial charge on any atom is 0.0101 e. The molecule has 2 rings (SSSR count). The van der Waals surface area contributed by atoms with Crippen molar-refractivity contribution in [3.63, 3.8) is 0 Å². The summed E-state index contributed by atoms with van der Waals surface area (Å²) in [6.45, 7) is 7.16. The van der Waals surface area contributed by atoms with E-state index in [0.29, 0.717) is 0 Å². The molecule has 1 heterocycles. The minimum Gasteiger partial charge on any atom is -0.311 e. The van der Waals surface area contributed by atoms with Gasteiger partial charge in [-0.2, -0.15) is 0 Å². The predicted molar refractivity (Wildman–Crippen MR) is 61.3 cm³/mol. The average molecular weight is 195 g/mol. The first-order chi connectivity index (χ1) is 6.68. The van der Waals surface area contributed by atoms with Crippen molar-refractivity contribution in [1.29, 1.82) is 0 Å². The Balaban J connectivity index is 1.96. The van der Waals surface area contributed by atoms with Crippen LogP contribution < -0.4 is 5.32 Å². The Bertz CT molecular complexity index is 188. The van der Waals surface area contributed by atoms with E-state index in [1.54, 1.807) is 0 Å². The van der Waals surface area contributed by atoms with E-state index in [4.69, 9.17) is 0 Å². The van der Waals surface area contributed by atoms with E-state index in [0.717, 1.165) is 29.8 Å². The molecule has 2 fully saturated rings. The first-order valence-corrected chi connectivity index (χ1v) is 6.44. The Morgan fingerprint density at radius 2 is 1.86 bits per heavy atom. The number of hydrogen-bond donors (Lipinski definition) is 1. The zero-order chi connectivity index (χ0) is 10.1. The fourth-order valence-corrected chi connectivity index (χ4v) is 3.43. The minimum atomic E-state index is 0.793. The van der Waals surface area contributed by atoms with Gasteiger partial charge >= 0.3 is 0 Å². The highest BCUT2D eigenvalue weighted by molar-refractivity contribution is 4.92. The summed E-state index contributed by atoms with van der Waals surface area (Å²) in [7, 11) is 0. The monoisotopic (exact) mass is 195 g/mol. The molecule has 14 heavy (non-hydrogen) atoms. The van der Waals surface area contributed by atoms with Crippen LogP contribution in [0.15, 0.2) is 0 Å². The highest BCUT2D eigenvalue weighted by Gasteiger charge is 2.36. The van der Waals surface area contributed by atoms with Crippen LogP contribution >= 0.6 is 0 Å². The smallest absolute Gasteiger partial charge is 0.0101 e. The molecule has 1 aliphatic carbocycles. The Kier molecular flexibility index (Phi) is 3.16. The third-order valence-corrected chi connectivity index (χ3v) is 4.47. The molecule has 0 bridgehead atoms. The molecule has 0 amide bonds. The molecule has 1 heteroatoms. The second-order valence-electron chi connectivity index (χ2n) is 5.77. The topological polar surface area (TPSA) is 12.0 Å². The van der Waals surface area contributed by atoms with Crippen molar-refractivity contribution in [3.8, 4) is 0 Å².